The summed E-state index contributed by atoms with van der Waals surface area (Å²) in [5.41, 5.74) is 3.98. The normalized spacial score (nSPS) is 15.3. The van der Waals surface area contributed by atoms with Gasteiger partial charge in [0.2, 0.25) is 5.88 Å². The highest BCUT2D eigenvalue weighted by Gasteiger charge is 2.13. The number of fused-ring (bicyclic) bond motifs is 1. The third-order valence-electron chi connectivity index (χ3n) is 3.69. The summed E-state index contributed by atoms with van der Waals surface area (Å²) in [6.07, 6.45) is 5.77. The summed E-state index contributed by atoms with van der Waals surface area (Å²) in [4.78, 5) is 0. The van der Waals surface area contributed by atoms with Crippen LogP contribution in [0.25, 0.3) is 0 Å². The Kier molecular flexibility index (Phi) is 4.67. The average molecular weight is 305 g/mol. The maximum atomic E-state index is 9.98. The average Bonchev–Trinajstić information content (AvgIpc) is 3.04. The van der Waals surface area contributed by atoms with Crippen LogP contribution in [0.5, 0.6) is 5.88 Å². The molecule has 1 aromatic heterocycles. The third kappa shape index (κ3) is 3.71. The minimum absolute atomic E-state index is 0.216. The van der Waals surface area contributed by atoms with E-state index in [1.54, 1.807) is 6.20 Å². The number of anilines is 1. The summed E-state index contributed by atoms with van der Waals surface area (Å²) in [5, 5.41) is 13.3. The van der Waals surface area contributed by atoms with Crippen LogP contribution in [0.15, 0.2) is 24.4 Å². The number of rotatable bonds is 6. The first-order valence-electron chi connectivity index (χ1n) is 7.26. The van der Waals surface area contributed by atoms with Gasteiger partial charge in [-0.15, -0.1) is 4.37 Å². The van der Waals surface area contributed by atoms with Gasteiger partial charge in [-0.25, -0.2) is 0 Å². The number of nitrogens with zero attached hydrogens (tertiary/aromatic N) is 2. The van der Waals surface area contributed by atoms with E-state index in [-0.39, 0.29) is 6.61 Å². The lowest BCUT2D eigenvalue weighted by Gasteiger charge is -2.21. The highest BCUT2D eigenvalue weighted by atomic mass is 32.1. The molecule has 3 rings (SSSR count). The predicted molar refractivity (Wildman–Crippen MR) is 83.0 cm³/mol. The molecular weight excluding hydrogens is 286 g/mol. The van der Waals surface area contributed by atoms with Crippen LogP contribution in [0.1, 0.15) is 24.0 Å². The van der Waals surface area contributed by atoms with E-state index in [1.165, 1.54) is 24.0 Å². The summed E-state index contributed by atoms with van der Waals surface area (Å²) >= 11 is 1.09. The van der Waals surface area contributed by atoms with Gasteiger partial charge in [-0.05, 0) is 42.9 Å². The summed E-state index contributed by atoms with van der Waals surface area (Å²) in [5.74, 6) is 0.469. The molecule has 0 fully saturated rings. The number of aryl methyl sites for hydroxylation is 1. The Balaban J connectivity index is 1.52. The second-order valence-electron chi connectivity index (χ2n) is 5.24. The van der Waals surface area contributed by atoms with Gasteiger partial charge >= 0.3 is 0 Å². The number of ether oxygens (including phenoxy) is 1. The Morgan fingerprint density at radius 1 is 1.33 bits per heavy atom. The van der Waals surface area contributed by atoms with Gasteiger partial charge in [0.1, 0.15) is 18.9 Å². The van der Waals surface area contributed by atoms with Crippen LogP contribution in [0.4, 0.5) is 5.69 Å². The lowest BCUT2D eigenvalue weighted by atomic mass is 9.90. The molecule has 0 spiro atoms. The molecule has 5 nitrogen and oxygen atoms in total. The Morgan fingerprint density at radius 3 is 3.10 bits per heavy atom. The highest BCUT2D eigenvalue weighted by molar-refractivity contribution is 6.99. The number of nitrogens with one attached hydrogen (secondary N) is 1. The van der Waals surface area contributed by atoms with Crippen molar-refractivity contribution in [1.29, 1.82) is 0 Å². The Hall–Kier alpha value is -1.66. The lowest BCUT2D eigenvalue weighted by Crippen LogP contribution is -2.27. The SMILES string of the molecule is OC(CNc1cccc2c1CCCC2)COc1cnsn1. The first kappa shape index (κ1) is 14.3. The second kappa shape index (κ2) is 6.87. The van der Waals surface area contributed by atoms with E-state index in [4.69, 9.17) is 4.74 Å². The number of hydrogen-bond donors (Lipinski definition) is 2. The minimum atomic E-state index is -0.578. The number of aromatic nitrogens is 2. The van der Waals surface area contributed by atoms with E-state index in [2.05, 4.69) is 32.3 Å². The molecule has 112 valence electrons. The van der Waals surface area contributed by atoms with Crippen molar-refractivity contribution in [1.82, 2.24) is 8.75 Å². The van der Waals surface area contributed by atoms with Crippen LogP contribution in [0.3, 0.4) is 0 Å². The van der Waals surface area contributed by atoms with Gasteiger partial charge < -0.3 is 15.2 Å². The monoisotopic (exact) mass is 305 g/mol. The van der Waals surface area contributed by atoms with Crippen molar-refractivity contribution in [2.45, 2.75) is 31.8 Å². The quantitative estimate of drug-likeness (QED) is 0.857. The predicted octanol–water partition coefficient (Wildman–Crippen LogP) is 2.27. The van der Waals surface area contributed by atoms with E-state index in [0.717, 1.165) is 30.3 Å². The van der Waals surface area contributed by atoms with Crippen molar-refractivity contribution in [3.8, 4) is 5.88 Å². The van der Waals surface area contributed by atoms with Gasteiger partial charge in [-0.1, -0.05) is 12.1 Å². The smallest absolute Gasteiger partial charge is 0.245 e. The molecule has 0 amide bonds. The fourth-order valence-electron chi connectivity index (χ4n) is 2.63. The molecule has 1 heterocycles. The molecule has 2 N–H and O–H groups in total. The molecule has 0 bridgehead atoms. The summed E-state index contributed by atoms with van der Waals surface area (Å²) in [6.45, 7) is 0.682. The van der Waals surface area contributed by atoms with E-state index in [9.17, 15) is 5.11 Å². The fraction of sp³-hybridized carbons (Fsp3) is 0.467. The molecule has 1 aliphatic rings. The first-order valence-corrected chi connectivity index (χ1v) is 7.99. The number of aliphatic hydroxyl groups is 1. The summed E-state index contributed by atoms with van der Waals surface area (Å²) in [6, 6.07) is 6.37. The van der Waals surface area contributed by atoms with Crippen molar-refractivity contribution >= 4 is 17.4 Å². The van der Waals surface area contributed by atoms with Crippen LogP contribution in [0, 0.1) is 0 Å². The molecule has 21 heavy (non-hydrogen) atoms. The zero-order chi connectivity index (χ0) is 14.5. The number of aliphatic hydroxyl groups excluding tert-OH is 1. The Morgan fingerprint density at radius 2 is 2.24 bits per heavy atom. The Labute approximate surface area is 128 Å². The van der Waals surface area contributed by atoms with Gasteiger partial charge in [-0.2, -0.15) is 4.37 Å². The van der Waals surface area contributed by atoms with Crippen LogP contribution < -0.4 is 10.1 Å². The molecule has 1 aromatic carbocycles. The maximum Gasteiger partial charge on any atom is 0.245 e. The fourth-order valence-corrected chi connectivity index (χ4v) is 3.00. The van der Waals surface area contributed by atoms with Crippen LogP contribution in [0.2, 0.25) is 0 Å². The zero-order valence-corrected chi connectivity index (χ0v) is 12.6. The maximum absolute atomic E-state index is 9.98. The molecular formula is C15H19N3O2S. The standard InChI is InChI=1S/C15H19N3O2S/c19-12(10-20-15-9-17-21-18-15)8-16-14-7-3-5-11-4-1-2-6-13(11)14/h3,5,7,9,12,16,19H,1-2,4,6,8,10H2. The zero-order valence-electron chi connectivity index (χ0n) is 11.8. The summed E-state index contributed by atoms with van der Waals surface area (Å²) in [7, 11) is 0. The van der Waals surface area contributed by atoms with E-state index in [0.29, 0.717) is 12.4 Å². The highest BCUT2D eigenvalue weighted by Crippen LogP contribution is 2.27. The van der Waals surface area contributed by atoms with Crippen molar-refractivity contribution in [3.05, 3.63) is 35.5 Å². The second-order valence-corrected chi connectivity index (χ2v) is 5.80. The molecule has 1 unspecified atom stereocenters. The molecule has 0 saturated heterocycles. The van der Waals surface area contributed by atoms with Gasteiger partial charge in [0.05, 0.1) is 11.7 Å². The van der Waals surface area contributed by atoms with E-state index in [1.807, 2.05) is 0 Å². The number of benzene rings is 1. The third-order valence-corrected chi connectivity index (χ3v) is 4.15. The molecule has 1 atom stereocenters. The lowest BCUT2D eigenvalue weighted by molar-refractivity contribution is 0.115. The van der Waals surface area contributed by atoms with Crippen LogP contribution >= 0.6 is 11.7 Å². The number of hydrogen-bond acceptors (Lipinski definition) is 6. The van der Waals surface area contributed by atoms with Crippen molar-refractivity contribution in [2.24, 2.45) is 0 Å². The van der Waals surface area contributed by atoms with Crippen molar-refractivity contribution < 1.29 is 9.84 Å². The summed E-state index contributed by atoms with van der Waals surface area (Å²) < 4.78 is 13.1. The topological polar surface area (TPSA) is 67.3 Å². The van der Waals surface area contributed by atoms with Crippen molar-refractivity contribution in [2.75, 3.05) is 18.5 Å². The molecule has 2 aromatic rings. The van der Waals surface area contributed by atoms with E-state index >= 15 is 0 Å². The molecule has 1 aliphatic carbocycles. The van der Waals surface area contributed by atoms with Gasteiger partial charge in [0.25, 0.3) is 0 Å². The molecule has 0 aliphatic heterocycles. The molecule has 0 radical (unpaired) electrons. The first-order chi connectivity index (χ1) is 10.3. The van der Waals surface area contributed by atoms with Crippen LogP contribution in [-0.4, -0.2) is 33.1 Å². The van der Waals surface area contributed by atoms with Crippen LogP contribution in [-0.2, 0) is 12.8 Å². The van der Waals surface area contributed by atoms with Gasteiger partial charge in [0.15, 0.2) is 0 Å². The van der Waals surface area contributed by atoms with E-state index < -0.39 is 6.10 Å². The van der Waals surface area contributed by atoms with Gasteiger partial charge in [-0.3, -0.25) is 0 Å². The molecule has 6 heteroatoms. The largest absolute Gasteiger partial charge is 0.473 e. The molecule has 0 saturated carbocycles. The van der Waals surface area contributed by atoms with Gasteiger partial charge in [0, 0.05) is 12.2 Å². The Bertz CT molecular complexity index is 574. The minimum Gasteiger partial charge on any atom is -0.473 e. The van der Waals surface area contributed by atoms with Crippen molar-refractivity contribution in [3.63, 3.8) is 0 Å².